The number of nitrogens with zero attached hydrogens (tertiary/aromatic N) is 1. The summed E-state index contributed by atoms with van der Waals surface area (Å²) in [6, 6.07) is 15.1. The van der Waals surface area contributed by atoms with Crippen molar-refractivity contribution in [1.82, 2.24) is 15.0 Å². The van der Waals surface area contributed by atoms with E-state index in [1.54, 1.807) is 18.2 Å². The lowest BCUT2D eigenvalue weighted by molar-refractivity contribution is -0.115. The lowest BCUT2D eigenvalue weighted by Gasteiger charge is -2.04. The Morgan fingerprint density at radius 1 is 1.08 bits per heavy atom. The molecule has 7 heteroatoms. The van der Waals surface area contributed by atoms with Gasteiger partial charge in [-0.2, -0.15) is 0 Å². The molecule has 0 bridgehead atoms. The van der Waals surface area contributed by atoms with E-state index in [2.05, 4.69) is 20.3 Å². The van der Waals surface area contributed by atoms with Crippen LogP contribution in [0.1, 0.15) is 5.69 Å². The molecule has 124 valence electrons. The van der Waals surface area contributed by atoms with Crippen LogP contribution in [0.3, 0.4) is 0 Å². The fraction of sp³-hybridized carbons (Fsp3) is 0.0556. The third-order valence-corrected chi connectivity index (χ3v) is 4.65. The summed E-state index contributed by atoms with van der Waals surface area (Å²) in [5.74, 6) is -0.151. The minimum absolute atomic E-state index is 0.151. The number of carbonyl (C=O) groups excluding carboxylic acids is 1. The molecule has 6 nitrogen and oxygen atoms in total. The zero-order valence-corrected chi connectivity index (χ0v) is 13.9. The second-order valence-electron chi connectivity index (χ2n) is 5.57. The molecule has 0 aliphatic rings. The first kappa shape index (κ1) is 15.3. The summed E-state index contributed by atoms with van der Waals surface area (Å²) < 4.78 is 0. The number of thiazole rings is 1. The molecule has 4 rings (SSSR count). The monoisotopic (exact) mass is 350 g/mol. The molecule has 0 unspecified atom stereocenters. The van der Waals surface area contributed by atoms with E-state index in [-0.39, 0.29) is 18.0 Å². The zero-order valence-electron chi connectivity index (χ0n) is 13.1. The predicted octanol–water partition coefficient (Wildman–Crippen LogP) is 3.16. The Balaban J connectivity index is 1.46. The molecular weight excluding hydrogens is 336 g/mol. The highest BCUT2D eigenvalue weighted by atomic mass is 32.1. The maximum absolute atomic E-state index is 12.2. The summed E-state index contributed by atoms with van der Waals surface area (Å²) in [6.45, 7) is 0. The third-order valence-electron chi connectivity index (χ3n) is 3.71. The van der Waals surface area contributed by atoms with E-state index < -0.39 is 0 Å². The standard InChI is InChI=1S/C18H14N4O2S/c23-16(19-12-6-7-14-15(8-12)22-18(24)21-14)9-13-10-25-17(20-13)11-4-2-1-3-5-11/h1-8,10H,9H2,(H,19,23)(H2,21,22,24). The van der Waals surface area contributed by atoms with Crippen molar-refractivity contribution in [3.05, 3.63) is 70.1 Å². The number of aromatic nitrogens is 3. The summed E-state index contributed by atoms with van der Waals surface area (Å²) in [5.41, 5.74) is 3.50. The van der Waals surface area contributed by atoms with Crippen LogP contribution in [0.15, 0.2) is 58.7 Å². The molecule has 1 amide bonds. The van der Waals surface area contributed by atoms with E-state index in [0.29, 0.717) is 16.7 Å². The maximum Gasteiger partial charge on any atom is 0.323 e. The Labute approximate surface area is 146 Å². The van der Waals surface area contributed by atoms with Crippen molar-refractivity contribution in [1.29, 1.82) is 0 Å². The average molecular weight is 350 g/mol. The molecule has 0 aliphatic heterocycles. The molecule has 3 N–H and O–H groups in total. The van der Waals surface area contributed by atoms with Gasteiger partial charge in [0.2, 0.25) is 5.91 Å². The number of imidazole rings is 1. The Hall–Kier alpha value is -3.19. The van der Waals surface area contributed by atoms with Crippen LogP contribution in [0, 0.1) is 0 Å². The van der Waals surface area contributed by atoms with Crippen molar-refractivity contribution in [3.63, 3.8) is 0 Å². The molecule has 0 fully saturated rings. The highest BCUT2D eigenvalue weighted by molar-refractivity contribution is 7.13. The topological polar surface area (TPSA) is 90.6 Å². The second kappa shape index (κ2) is 6.37. The minimum Gasteiger partial charge on any atom is -0.326 e. The molecule has 25 heavy (non-hydrogen) atoms. The van der Waals surface area contributed by atoms with E-state index in [1.807, 2.05) is 35.7 Å². The van der Waals surface area contributed by atoms with Gasteiger partial charge in [-0.15, -0.1) is 11.3 Å². The van der Waals surface area contributed by atoms with Crippen molar-refractivity contribution in [2.45, 2.75) is 6.42 Å². The van der Waals surface area contributed by atoms with Gasteiger partial charge in [-0.25, -0.2) is 9.78 Å². The number of carbonyl (C=O) groups is 1. The van der Waals surface area contributed by atoms with Gasteiger partial charge in [0.25, 0.3) is 0 Å². The van der Waals surface area contributed by atoms with Crippen molar-refractivity contribution < 1.29 is 4.79 Å². The van der Waals surface area contributed by atoms with E-state index in [9.17, 15) is 9.59 Å². The van der Waals surface area contributed by atoms with Gasteiger partial charge in [0.1, 0.15) is 5.01 Å². The number of aromatic amines is 2. The molecule has 0 atom stereocenters. The molecule has 0 saturated heterocycles. The summed E-state index contributed by atoms with van der Waals surface area (Å²) in [6.07, 6.45) is 0.199. The van der Waals surface area contributed by atoms with Gasteiger partial charge in [0.05, 0.1) is 23.1 Å². The summed E-state index contributed by atoms with van der Waals surface area (Å²) in [7, 11) is 0. The molecule has 4 aromatic rings. The van der Waals surface area contributed by atoms with Gasteiger partial charge in [0.15, 0.2) is 0 Å². The molecule has 0 saturated carbocycles. The van der Waals surface area contributed by atoms with Gasteiger partial charge in [0, 0.05) is 16.6 Å². The van der Waals surface area contributed by atoms with Crippen molar-refractivity contribution >= 4 is 34.0 Å². The quantitative estimate of drug-likeness (QED) is 0.528. The van der Waals surface area contributed by atoms with Crippen LogP contribution in [0.4, 0.5) is 5.69 Å². The van der Waals surface area contributed by atoms with Crippen LogP contribution in [0.25, 0.3) is 21.6 Å². The van der Waals surface area contributed by atoms with Crippen LogP contribution < -0.4 is 11.0 Å². The number of rotatable bonds is 4. The molecule has 0 radical (unpaired) electrons. The zero-order chi connectivity index (χ0) is 17.2. The van der Waals surface area contributed by atoms with Crippen molar-refractivity contribution in [2.24, 2.45) is 0 Å². The highest BCUT2D eigenvalue weighted by Crippen LogP contribution is 2.23. The summed E-state index contributed by atoms with van der Waals surface area (Å²) in [5, 5.41) is 5.63. The van der Waals surface area contributed by atoms with Gasteiger partial charge in [-0.1, -0.05) is 30.3 Å². The Kier molecular flexibility index (Phi) is 3.91. The number of H-pyrrole nitrogens is 2. The lowest BCUT2D eigenvalue weighted by Crippen LogP contribution is -2.14. The Morgan fingerprint density at radius 3 is 2.72 bits per heavy atom. The molecule has 2 heterocycles. The van der Waals surface area contributed by atoms with Crippen LogP contribution in [-0.4, -0.2) is 20.9 Å². The van der Waals surface area contributed by atoms with Crippen molar-refractivity contribution in [2.75, 3.05) is 5.32 Å². The van der Waals surface area contributed by atoms with Gasteiger partial charge >= 0.3 is 5.69 Å². The first-order valence-electron chi connectivity index (χ1n) is 7.69. The molecule has 2 aromatic heterocycles. The largest absolute Gasteiger partial charge is 0.326 e. The van der Waals surface area contributed by atoms with Crippen LogP contribution >= 0.6 is 11.3 Å². The van der Waals surface area contributed by atoms with E-state index in [4.69, 9.17) is 0 Å². The minimum atomic E-state index is -0.269. The molecule has 0 spiro atoms. The maximum atomic E-state index is 12.2. The number of anilines is 1. The predicted molar refractivity (Wildman–Crippen MR) is 98.8 cm³/mol. The van der Waals surface area contributed by atoms with E-state index in [1.165, 1.54) is 11.3 Å². The number of hydrogen-bond donors (Lipinski definition) is 3. The first-order chi connectivity index (χ1) is 12.2. The number of amides is 1. The fourth-order valence-corrected chi connectivity index (χ4v) is 3.41. The van der Waals surface area contributed by atoms with Gasteiger partial charge in [-0.05, 0) is 18.2 Å². The van der Waals surface area contributed by atoms with Crippen LogP contribution in [0.5, 0.6) is 0 Å². The SMILES string of the molecule is O=C(Cc1csc(-c2ccccc2)n1)Nc1ccc2[nH]c(=O)[nH]c2c1. The third kappa shape index (κ3) is 3.36. The Bertz CT molecular complexity index is 1090. The van der Waals surface area contributed by atoms with E-state index in [0.717, 1.165) is 16.3 Å². The number of nitrogens with one attached hydrogen (secondary N) is 3. The summed E-state index contributed by atoms with van der Waals surface area (Å²) >= 11 is 1.52. The van der Waals surface area contributed by atoms with Gasteiger partial charge < -0.3 is 15.3 Å². The number of hydrogen-bond acceptors (Lipinski definition) is 4. The van der Waals surface area contributed by atoms with Crippen LogP contribution in [0.2, 0.25) is 0 Å². The smallest absolute Gasteiger partial charge is 0.323 e. The Morgan fingerprint density at radius 2 is 1.88 bits per heavy atom. The van der Waals surface area contributed by atoms with E-state index >= 15 is 0 Å². The second-order valence-corrected chi connectivity index (χ2v) is 6.43. The number of benzene rings is 2. The van der Waals surface area contributed by atoms with Crippen molar-refractivity contribution in [3.8, 4) is 10.6 Å². The van der Waals surface area contributed by atoms with Crippen LogP contribution in [-0.2, 0) is 11.2 Å². The summed E-state index contributed by atoms with van der Waals surface area (Å²) in [4.78, 5) is 33.4. The molecule has 2 aromatic carbocycles. The number of fused-ring (bicyclic) bond motifs is 1. The average Bonchev–Trinajstić information content (AvgIpc) is 3.21. The molecular formula is C18H14N4O2S. The fourth-order valence-electron chi connectivity index (χ4n) is 2.58. The molecule has 0 aliphatic carbocycles. The van der Waals surface area contributed by atoms with Gasteiger partial charge in [-0.3, -0.25) is 4.79 Å². The normalized spacial score (nSPS) is 10.9. The lowest BCUT2D eigenvalue weighted by atomic mass is 10.2. The first-order valence-corrected chi connectivity index (χ1v) is 8.57. The highest BCUT2D eigenvalue weighted by Gasteiger charge is 2.10.